The number of nitrogens with zero attached hydrogens (tertiary/aromatic N) is 1. The molecule has 0 heterocycles. The molecule has 26 heavy (non-hydrogen) atoms. The summed E-state index contributed by atoms with van der Waals surface area (Å²) in [5, 5.41) is 11.7. The summed E-state index contributed by atoms with van der Waals surface area (Å²) in [5.41, 5.74) is 2.83. The molecule has 1 aromatic rings. The molecule has 0 fully saturated rings. The maximum atomic E-state index is 11.7. The summed E-state index contributed by atoms with van der Waals surface area (Å²) in [4.78, 5) is 23.0. The van der Waals surface area contributed by atoms with E-state index in [1.807, 2.05) is 32.9 Å². The summed E-state index contributed by atoms with van der Waals surface area (Å²) >= 11 is 0. The molecule has 0 spiro atoms. The van der Waals surface area contributed by atoms with E-state index in [2.05, 4.69) is 19.9 Å². The first kappa shape index (κ1) is 21.9. The number of rotatable bonds is 9. The minimum atomic E-state index is -0.310. The van der Waals surface area contributed by atoms with Crippen molar-refractivity contribution in [3.8, 4) is 0 Å². The Bertz CT molecular complexity index is 660. The summed E-state index contributed by atoms with van der Waals surface area (Å²) in [6.07, 6.45) is 3.90. The summed E-state index contributed by atoms with van der Waals surface area (Å²) in [6, 6.07) is 5.42. The van der Waals surface area contributed by atoms with E-state index in [0.29, 0.717) is 5.92 Å². The highest BCUT2D eigenvalue weighted by Gasteiger charge is 2.24. The van der Waals surface area contributed by atoms with Gasteiger partial charge in [-0.1, -0.05) is 44.6 Å². The van der Waals surface area contributed by atoms with Crippen LogP contribution in [0.5, 0.6) is 0 Å². The monoisotopic (exact) mass is 361 g/mol. The standard InChI is InChI=1S/C21H31NO4/c1-7-16(13-21(23)26-6)17-8-9-19(20(12-17)22(24)25)18(10-14(2)3)11-15(4)5/h8-10,12,15-16,18H,7,11,13H2,1-6H3. The van der Waals surface area contributed by atoms with E-state index in [4.69, 9.17) is 4.74 Å². The van der Waals surface area contributed by atoms with E-state index < -0.39 is 0 Å². The summed E-state index contributed by atoms with van der Waals surface area (Å²) in [7, 11) is 1.36. The van der Waals surface area contributed by atoms with Gasteiger partial charge in [-0.25, -0.2) is 0 Å². The summed E-state index contributed by atoms with van der Waals surface area (Å²) < 4.78 is 4.75. The maximum absolute atomic E-state index is 11.7. The lowest BCUT2D eigenvalue weighted by atomic mass is 9.85. The van der Waals surface area contributed by atoms with Crippen molar-refractivity contribution in [2.24, 2.45) is 5.92 Å². The van der Waals surface area contributed by atoms with E-state index in [0.717, 1.165) is 29.5 Å². The van der Waals surface area contributed by atoms with Crippen LogP contribution in [0.3, 0.4) is 0 Å². The van der Waals surface area contributed by atoms with Crippen LogP contribution in [-0.4, -0.2) is 18.0 Å². The van der Waals surface area contributed by atoms with Crippen LogP contribution in [0.25, 0.3) is 0 Å². The molecule has 144 valence electrons. The molecule has 2 atom stereocenters. The molecule has 0 aromatic heterocycles. The fourth-order valence-corrected chi connectivity index (χ4v) is 3.26. The number of ether oxygens (including phenoxy) is 1. The van der Waals surface area contributed by atoms with E-state index in [-0.39, 0.29) is 34.8 Å². The zero-order valence-electron chi connectivity index (χ0n) is 16.7. The van der Waals surface area contributed by atoms with Gasteiger partial charge in [0.1, 0.15) is 0 Å². The van der Waals surface area contributed by atoms with Crippen LogP contribution in [0.4, 0.5) is 5.69 Å². The molecule has 0 N–H and O–H groups in total. The van der Waals surface area contributed by atoms with Gasteiger partial charge in [-0.05, 0) is 44.1 Å². The van der Waals surface area contributed by atoms with Crippen molar-refractivity contribution >= 4 is 11.7 Å². The van der Waals surface area contributed by atoms with Crippen LogP contribution < -0.4 is 0 Å². The fourth-order valence-electron chi connectivity index (χ4n) is 3.26. The minimum Gasteiger partial charge on any atom is -0.469 e. The second-order valence-corrected chi connectivity index (χ2v) is 7.44. The van der Waals surface area contributed by atoms with Gasteiger partial charge >= 0.3 is 5.97 Å². The van der Waals surface area contributed by atoms with Crippen LogP contribution >= 0.6 is 0 Å². The Morgan fingerprint density at radius 3 is 2.42 bits per heavy atom. The SMILES string of the molecule is CCC(CC(=O)OC)c1ccc(C(C=C(C)C)CC(C)C)c([N+](=O)[O-])c1. The van der Waals surface area contributed by atoms with Crippen molar-refractivity contribution < 1.29 is 14.5 Å². The van der Waals surface area contributed by atoms with Gasteiger partial charge in [-0.3, -0.25) is 14.9 Å². The highest BCUT2D eigenvalue weighted by molar-refractivity contribution is 5.70. The number of benzene rings is 1. The number of hydrogen-bond acceptors (Lipinski definition) is 4. The highest BCUT2D eigenvalue weighted by Crippen LogP contribution is 2.36. The van der Waals surface area contributed by atoms with Crippen LogP contribution in [0.2, 0.25) is 0 Å². The van der Waals surface area contributed by atoms with Gasteiger partial charge in [-0.15, -0.1) is 0 Å². The first-order valence-corrected chi connectivity index (χ1v) is 9.19. The predicted molar refractivity (Wildman–Crippen MR) is 104 cm³/mol. The molecule has 0 saturated heterocycles. The molecule has 0 aliphatic heterocycles. The highest BCUT2D eigenvalue weighted by atomic mass is 16.6. The van der Waals surface area contributed by atoms with Gasteiger partial charge in [0.2, 0.25) is 0 Å². The van der Waals surface area contributed by atoms with Gasteiger partial charge < -0.3 is 4.74 Å². The van der Waals surface area contributed by atoms with Gasteiger partial charge in [0.05, 0.1) is 18.5 Å². The van der Waals surface area contributed by atoms with Crippen molar-refractivity contribution in [1.82, 2.24) is 0 Å². The average Bonchev–Trinajstić information content (AvgIpc) is 2.57. The number of allylic oxidation sites excluding steroid dienone is 2. The van der Waals surface area contributed by atoms with E-state index in [1.165, 1.54) is 7.11 Å². The molecule has 0 amide bonds. The Hall–Kier alpha value is -2.17. The summed E-state index contributed by atoms with van der Waals surface area (Å²) in [5.74, 6) is 0.0562. The van der Waals surface area contributed by atoms with Gasteiger partial charge in [0.15, 0.2) is 0 Å². The Morgan fingerprint density at radius 1 is 1.31 bits per heavy atom. The first-order chi connectivity index (χ1) is 12.2. The summed E-state index contributed by atoms with van der Waals surface area (Å²) in [6.45, 7) is 10.2. The predicted octanol–water partition coefficient (Wildman–Crippen LogP) is 5.75. The van der Waals surface area contributed by atoms with Crippen LogP contribution in [0, 0.1) is 16.0 Å². The molecule has 5 heteroatoms. The van der Waals surface area contributed by atoms with Crippen LogP contribution in [-0.2, 0) is 9.53 Å². The fraction of sp³-hybridized carbons (Fsp3) is 0.571. The number of methoxy groups -OCH3 is 1. The van der Waals surface area contributed by atoms with Gasteiger partial charge in [0, 0.05) is 17.5 Å². The van der Waals surface area contributed by atoms with Gasteiger partial charge in [0.25, 0.3) is 5.69 Å². The van der Waals surface area contributed by atoms with Crippen molar-refractivity contribution in [1.29, 1.82) is 0 Å². The van der Waals surface area contributed by atoms with E-state index in [9.17, 15) is 14.9 Å². The largest absolute Gasteiger partial charge is 0.469 e. The van der Waals surface area contributed by atoms with Crippen molar-refractivity contribution in [2.45, 2.75) is 65.7 Å². The molecule has 0 bridgehead atoms. The molecule has 2 unspecified atom stereocenters. The second-order valence-electron chi connectivity index (χ2n) is 7.44. The van der Waals surface area contributed by atoms with Crippen molar-refractivity contribution in [3.63, 3.8) is 0 Å². The Kier molecular flexibility index (Phi) is 8.49. The quantitative estimate of drug-likeness (QED) is 0.243. The van der Waals surface area contributed by atoms with Crippen molar-refractivity contribution in [2.75, 3.05) is 7.11 Å². The molecule has 0 aliphatic carbocycles. The molecule has 1 rings (SSSR count). The van der Waals surface area contributed by atoms with E-state index >= 15 is 0 Å². The lowest BCUT2D eigenvalue weighted by Gasteiger charge is -2.19. The normalized spacial score (nSPS) is 13.2. The molecule has 0 aliphatic rings. The molecule has 5 nitrogen and oxygen atoms in total. The zero-order valence-corrected chi connectivity index (χ0v) is 16.7. The number of carbonyl (C=O) groups excluding carboxylic acids is 1. The molecular weight excluding hydrogens is 330 g/mol. The third-order valence-corrected chi connectivity index (χ3v) is 4.52. The van der Waals surface area contributed by atoms with Gasteiger partial charge in [-0.2, -0.15) is 0 Å². The minimum absolute atomic E-state index is 0.00938. The maximum Gasteiger partial charge on any atom is 0.306 e. The zero-order chi connectivity index (χ0) is 19.9. The molecule has 0 radical (unpaired) electrons. The Labute approximate surface area is 156 Å². The number of carbonyl (C=O) groups is 1. The third-order valence-electron chi connectivity index (χ3n) is 4.52. The van der Waals surface area contributed by atoms with E-state index in [1.54, 1.807) is 6.07 Å². The number of esters is 1. The van der Waals surface area contributed by atoms with Crippen LogP contribution in [0.15, 0.2) is 29.8 Å². The molecule has 0 saturated carbocycles. The lowest BCUT2D eigenvalue weighted by molar-refractivity contribution is -0.385. The number of hydrogen-bond donors (Lipinski definition) is 0. The Morgan fingerprint density at radius 2 is 1.96 bits per heavy atom. The number of nitro benzene ring substituents is 1. The molecule has 1 aromatic carbocycles. The smallest absolute Gasteiger partial charge is 0.306 e. The Balaban J connectivity index is 3.36. The number of nitro groups is 1. The molecular formula is C21H31NO4. The van der Waals surface area contributed by atoms with Crippen molar-refractivity contribution in [3.05, 3.63) is 51.1 Å². The average molecular weight is 361 g/mol. The van der Waals surface area contributed by atoms with Crippen LogP contribution in [0.1, 0.15) is 76.8 Å². The first-order valence-electron chi connectivity index (χ1n) is 9.19. The topological polar surface area (TPSA) is 69.4 Å². The second kappa shape index (κ2) is 10.1. The lowest BCUT2D eigenvalue weighted by Crippen LogP contribution is -2.10. The third kappa shape index (κ3) is 6.28.